The molecular weight excluding hydrogens is 218 g/mol. The maximum Gasteiger partial charge on any atom is 0.317 e. The van der Waals surface area contributed by atoms with E-state index in [1.54, 1.807) is 0 Å². The Balaban J connectivity index is 2.13. The Morgan fingerprint density at radius 2 is 2.18 bits per heavy atom. The van der Waals surface area contributed by atoms with Crippen LogP contribution in [-0.4, -0.2) is 38.3 Å². The summed E-state index contributed by atoms with van der Waals surface area (Å²) in [4.78, 5) is 12.9. The second-order valence-corrected chi connectivity index (χ2v) is 4.80. The van der Waals surface area contributed by atoms with Crippen molar-refractivity contribution in [1.82, 2.24) is 14.7 Å². The summed E-state index contributed by atoms with van der Waals surface area (Å²) in [7, 11) is 1.92. The van der Waals surface area contributed by atoms with E-state index < -0.39 is 5.97 Å². The summed E-state index contributed by atoms with van der Waals surface area (Å²) in [5.41, 5.74) is 3.29. The molecule has 1 fully saturated rings. The highest BCUT2D eigenvalue weighted by Gasteiger charge is 2.31. The quantitative estimate of drug-likeness (QED) is 0.832. The van der Waals surface area contributed by atoms with E-state index in [1.807, 2.05) is 30.5 Å². The van der Waals surface area contributed by atoms with Crippen molar-refractivity contribution in [2.45, 2.75) is 39.3 Å². The molecule has 0 atom stereocenters. The van der Waals surface area contributed by atoms with Crippen LogP contribution < -0.4 is 0 Å². The fourth-order valence-electron chi connectivity index (χ4n) is 2.18. The minimum absolute atomic E-state index is 0.123. The van der Waals surface area contributed by atoms with Gasteiger partial charge >= 0.3 is 5.97 Å². The molecule has 5 heteroatoms. The van der Waals surface area contributed by atoms with Crippen molar-refractivity contribution in [2.75, 3.05) is 6.54 Å². The Morgan fingerprint density at radius 3 is 2.59 bits per heavy atom. The van der Waals surface area contributed by atoms with Crippen molar-refractivity contribution in [3.8, 4) is 0 Å². The molecular formula is C12H19N3O2. The van der Waals surface area contributed by atoms with Crippen LogP contribution in [0, 0.1) is 13.8 Å². The minimum atomic E-state index is -0.754. The van der Waals surface area contributed by atoms with Gasteiger partial charge in [0.25, 0.3) is 0 Å². The van der Waals surface area contributed by atoms with Crippen LogP contribution in [0.2, 0.25) is 0 Å². The topological polar surface area (TPSA) is 58.4 Å². The van der Waals surface area contributed by atoms with E-state index in [4.69, 9.17) is 5.11 Å². The van der Waals surface area contributed by atoms with Crippen molar-refractivity contribution >= 4 is 5.97 Å². The number of nitrogens with zero attached hydrogens (tertiary/aromatic N) is 3. The average Bonchev–Trinajstić information content (AvgIpc) is 3.02. The van der Waals surface area contributed by atoms with Gasteiger partial charge in [0, 0.05) is 30.9 Å². The standard InChI is InChI=1S/C12H19N3O2/c1-8-11(9(2)14(3)13-8)6-15(7-12(16)17)10-4-5-10/h10H,4-7H2,1-3H3,(H,16,17). The van der Waals surface area contributed by atoms with Gasteiger partial charge in [0.05, 0.1) is 12.2 Å². The Morgan fingerprint density at radius 1 is 1.53 bits per heavy atom. The molecule has 1 aliphatic carbocycles. The van der Waals surface area contributed by atoms with E-state index in [0.717, 1.165) is 24.2 Å². The van der Waals surface area contributed by atoms with Crippen LogP contribution >= 0.6 is 0 Å². The molecule has 17 heavy (non-hydrogen) atoms. The molecule has 1 aliphatic rings. The molecule has 0 aromatic carbocycles. The third-order valence-electron chi connectivity index (χ3n) is 3.42. The normalized spacial score (nSPS) is 15.5. The molecule has 0 unspecified atom stereocenters. The number of carboxylic acids is 1. The Labute approximate surface area is 101 Å². The van der Waals surface area contributed by atoms with Gasteiger partial charge in [0.1, 0.15) is 0 Å². The zero-order valence-corrected chi connectivity index (χ0v) is 10.6. The molecule has 0 aliphatic heterocycles. The van der Waals surface area contributed by atoms with Crippen LogP contribution in [0.1, 0.15) is 29.8 Å². The third kappa shape index (κ3) is 2.66. The van der Waals surface area contributed by atoms with Gasteiger partial charge in [-0.15, -0.1) is 0 Å². The molecule has 2 rings (SSSR count). The second-order valence-electron chi connectivity index (χ2n) is 4.80. The van der Waals surface area contributed by atoms with Gasteiger partial charge in [0.15, 0.2) is 0 Å². The summed E-state index contributed by atoms with van der Waals surface area (Å²) in [6.07, 6.45) is 2.23. The smallest absolute Gasteiger partial charge is 0.317 e. The summed E-state index contributed by atoms with van der Waals surface area (Å²) < 4.78 is 1.86. The van der Waals surface area contributed by atoms with Gasteiger partial charge in [0.2, 0.25) is 0 Å². The summed E-state index contributed by atoms with van der Waals surface area (Å²) in [6.45, 7) is 4.83. The zero-order chi connectivity index (χ0) is 12.6. The van der Waals surface area contributed by atoms with Gasteiger partial charge in [-0.25, -0.2) is 0 Å². The van der Waals surface area contributed by atoms with Crippen molar-refractivity contribution in [3.05, 3.63) is 17.0 Å². The van der Waals surface area contributed by atoms with Crippen LogP contribution in [0.4, 0.5) is 0 Å². The largest absolute Gasteiger partial charge is 0.480 e. The number of hydrogen-bond acceptors (Lipinski definition) is 3. The van der Waals surface area contributed by atoms with Gasteiger partial charge in [-0.2, -0.15) is 5.10 Å². The predicted molar refractivity (Wildman–Crippen MR) is 63.7 cm³/mol. The van der Waals surface area contributed by atoms with Gasteiger partial charge in [-0.05, 0) is 26.7 Å². The lowest BCUT2D eigenvalue weighted by Gasteiger charge is -2.19. The number of rotatable bonds is 5. The number of carbonyl (C=O) groups is 1. The van der Waals surface area contributed by atoms with Gasteiger partial charge in [-0.3, -0.25) is 14.4 Å². The summed E-state index contributed by atoms with van der Waals surface area (Å²) in [5.74, 6) is -0.754. The lowest BCUT2D eigenvalue weighted by atomic mass is 10.2. The van der Waals surface area contributed by atoms with E-state index >= 15 is 0 Å². The average molecular weight is 237 g/mol. The monoisotopic (exact) mass is 237 g/mol. The molecule has 0 saturated heterocycles. The lowest BCUT2D eigenvalue weighted by molar-refractivity contribution is -0.138. The SMILES string of the molecule is Cc1nn(C)c(C)c1CN(CC(=O)O)C1CC1. The first-order valence-corrected chi connectivity index (χ1v) is 5.94. The number of carboxylic acid groups (broad SMARTS) is 1. The molecule has 1 aromatic heterocycles. The second kappa shape index (κ2) is 4.49. The van der Waals surface area contributed by atoms with E-state index in [9.17, 15) is 4.79 Å². The number of aliphatic carboxylic acids is 1. The van der Waals surface area contributed by atoms with E-state index in [2.05, 4.69) is 5.10 Å². The predicted octanol–water partition coefficient (Wildman–Crippen LogP) is 1.09. The first-order valence-electron chi connectivity index (χ1n) is 5.94. The van der Waals surface area contributed by atoms with Crippen molar-refractivity contribution in [1.29, 1.82) is 0 Å². The highest BCUT2D eigenvalue weighted by molar-refractivity contribution is 5.69. The maximum absolute atomic E-state index is 10.8. The van der Waals surface area contributed by atoms with Crippen LogP contribution in [0.15, 0.2) is 0 Å². The molecule has 0 spiro atoms. The number of aromatic nitrogens is 2. The first-order chi connectivity index (χ1) is 7.99. The fraction of sp³-hybridized carbons (Fsp3) is 0.667. The van der Waals surface area contributed by atoms with Crippen LogP contribution in [0.5, 0.6) is 0 Å². The number of aryl methyl sites for hydroxylation is 2. The fourth-order valence-corrected chi connectivity index (χ4v) is 2.18. The van der Waals surface area contributed by atoms with Crippen LogP contribution in [0.3, 0.4) is 0 Å². The molecule has 1 aromatic rings. The molecule has 0 amide bonds. The van der Waals surface area contributed by atoms with Crippen LogP contribution in [0.25, 0.3) is 0 Å². The highest BCUT2D eigenvalue weighted by atomic mass is 16.4. The third-order valence-corrected chi connectivity index (χ3v) is 3.42. The molecule has 94 valence electrons. The molecule has 5 nitrogen and oxygen atoms in total. The summed E-state index contributed by atoms with van der Waals surface area (Å²) in [5, 5.41) is 13.3. The van der Waals surface area contributed by atoms with Crippen molar-refractivity contribution in [3.63, 3.8) is 0 Å². The highest BCUT2D eigenvalue weighted by Crippen LogP contribution is 2.29. The van der Waals surface area contributed by atoms with E-state index in [-0.39, 0.29) is 6.54 Å². The molecule has 1 N–H and O–H groups in total. The van der Waals surface area contributed by atoms with E-state index in [0.29, 0.717) is 12.6 Å². The van der Waals surface area contributed by atoms with Crippen LogP contribution in [-0.2, 0) is 18.4 Å². The number of hydrogen-bond donors (Lipinski definition) is 1. The summed E-state index contributed by atoms with van der Waals surface area (Å²) in [6, 6.07) is 0.449. The lowest BCUT2D eigenvalue weighted by Crippen LogP contribution is -2.31. The minimum Gasteiger partial charge on any atom is -0.480 e. The zero-order valence-electron chi connectivity index (χ0n) is 10.6. The van der Waals surface area contributed by atoms with Crippen molar-refractivity contribution < 1.29 is 9.90 Å². The maximum atomic E-state index is 10.8. The van der Waals surface area contributed by atoms with Gasteiger partial charge < -0.3 is 5.11 Å². The first kappa shape index (κ1) is 12.1. The Hall–Kier alpha value is -1.36. The molecule has 1 saturated carbocycles. The Bertz CT molecular complexity index is 435. The Kier molecular flexibility index (Phi) is 3.19. The molecule has 1 heterocycles. The molecule has 0 radical (unpaired) electrons. The van der Waals surface area contributed by atoms with E-state index in [1.165, 1.54) is 5.56 Å². The van der Waals surface area contributed by atoms with Crippen molar-refractivity contribution in [2.24, 2.45) is 7.05 Å². The molecule has 0 bridgehead atoms. The van der Waals surface area contributed by atoms with Gasteiger partial charge in [-0.1, -0.05) is 0 Å². The summed E-state index contributed by atoms with van der Waals surface area (Å²) >= 11 is 0.